The molecule has 0 N–H and O–H groups in total. The smallest absolute Gasteiger partial charge is 0.338 e. The molecular formula is C16H10Br2F2O3. The molecule has 2 aromatic rings. The van der Waals surface area contributed by atoms with E-state index in [1.54, 1.807) is 6.92 Å². The monoisotopic (exact) mass is 446 g/mol. The van der Waals surface area contributed by atoms with Crippen LogP contribution in [0.1, 0.15) is 31.8 Å². The van der Waals surface area contributed by atoms with E-state index in [-0.39, 0.29) is 21.2 Å². The van der Waals surface area contributed by atoms with Crippen molar-refractivity contribution >= 4 is 43.6 Å². The first kappa shape index (κ1) is 17.7. The van der Waals surface area contributed by atoms with Gasteiger partial charge >= 0.3 is 5.97 Å². The minimum Gasteiger partial charge on any atom is -0.465 e. The van der Waals surface area contributed by atoms with Crippen LogP contribution >= 0.6 is 31.9 Å². The van der Waals surface area contributed by atoms with Crippen LogP contribution in [-0.2, 0) is 4.74 Å². The van der Waals surface area contributed by atoms with Gasteiger partial charge in [-0.2, -0.15) is 0 Å². The van der Waals surface area contributed by atoms with Gasteiger partial charge < -0.3 is 4.74 Å². The number of hydrogen-bond donors (Lipinski definition) is 0. The molecule has 2 rings (SSSR count). The second-order valence-electron chi connectivity index (χ2n) is 4.70. The van der Waals surface area contributed by atoms with Gasteiger partial charge in [0.25, 0.3) is 0 Å². The summed E-state index contributed by atoms with van der Waals surface area (Å²) in [6.07, 6.45) is 0. The van der Waals surface area contributed by atoms with Crippen LogP contribution in [0, 0.1) is 18.6 Å². The van der Waals surface area contributed by atoms with Gasteiger partial charge in [-0.05, 0) is 46.6 Å². The van der Waals surface area contributed by atoms with Crippen molar-refractivity contribution in [3.8, 4) is 0 Å². The van der Waals surface area contributed by atoms with Crippen LogP contribution in [0.15, 0.2) is 33.2 Å². The molecule has 0 heterocycles. The third-order valence-corrected chi connectivity index (χ3v) is 4.70. The van der Waals surface area contributed by atoms with Gasteiger partial charge in [-0.1, -0.05) is 15.9 Å². The Morgan fingerprint density at radius 2 is 1.61 bits per heavy atom. The van der Waals surface area contributed by atoms with Gasteiger partial charge in [0, 0.05) is 16.1 Å². The molecule has 0 radical (unpaired) electrons. The molecular weight excluding hydrogens is 438 g/mol. The van der Waals surface area contributed by atoms with Crippen molar-refractivity contribution < 1.29 is 23.1 Å². The average molecular weight is 448 g/mol. The Morgan fingerprint density at radius 1 is 0.957 bits per heavy atom. The number of benzene rings is 2. The number of halogens is 4. The van der Waals surface area contributed by atoms with E-state index in [9.17, 15) is 18.4 Å². The van der Waals surface area contributed by atoms with E-state index < -0.39 is 23.4 Å². The fraction of sp³-hybridized carbons (Fsp3) is 0.125. The number of ether oxygens (including phenoxy) is 1. The standard InChI is InChI=1S/C16H10Br2F2O3/c1-7-9(16(22)23-2)3-8(4-11(7)17)15(21)10-5-12(18)14(20)6-13(10)19/h3-6H,1-2H3. The van der Waals surface area contributed by atoms with Crippen molar-refractivity contribution in [2.45, 2.75) is 6.92 Å². The molecule has 120 valence electrons. The number of hydrogen-bond acceptors (Lipinski definition) is 3. The molecule has 0 aliphatic heterocycles. The first-order chi connectivity index (χ1) is 10.8. The Bertz CT molecular complexity index is 819. The lowest BCUT2D eigenvalue weighted by Crippen LogP contribution is -2.10. The van der Waals surface area contributed by atoms with Crippen LogP contribution in [0.25, 0.3) is 0 Å². The largest absolute Gasteiger partial charge is 0.465 e. The summed E-state index contributed by atoms with van der Waals surface area (Å²) >= 11 is 6.18. The molecule has 0 saturated carbocycles. The van der Waals surface area contributed by atoms with E-state index in [2.05, 4.69) is 36.6 Å². The van der Waals surface area contributed by atoms with Crippen molar-refractivity contribution in [1.29, 1.82) is 0 Å². The Morgan fingerprint density at radius 3 is 2.22 bits per heavy atom. The summed E-state index contributed by atoms with van der Waals surface area (Å²) in [7, 11) is 1.22. The van der Waals surface area contributed by atoms with Crippen molar-refractivity contribution in [1.82, 2.24) is 0 Å². The zero-order valence-corrected chi connectivity index (χ0v) is 15.2. The number of ketones is 1. The Balaban J connectivity index is 2.58. The topological polar surface area (TPSA) is 43.4 Å². The summed E-state index contributed by atoms with van der Waals surface area (Å²) in [4.78, 5) is 24.3. The average Bonchev–Trinajstić information content (AvgIpc) is 2.52. The summed E-state index contributed by atoms with van der Waals surface area (Å²) in [5, 5.41) is 0. The Hall–Kier alpha value is -1.60. The zero-order valence-electron chi connectivity index (χ0n) is 12.0. The molecule has 7 heteroatoms. The SMILES string of the molecule is COC(=O)c1cc(C(=O)c2cc(Br)c(F)cc2F)cc(Br)c1C. The Labute approximate surface area is 147 Å². The van der Waals surface area contributed by atoms with Gasteiger partial charge in [0.05, 0.1) is 22.7 Å². The molecule has 0 unspecified atom stereocenters. The third-order valence-electron chi connectivity index (χ3n) is 3.27. The molecule has 23 heavy (non-hydrogen) atoms. The quantitative estimate of drug-likeness (QED) is 0.385. The molecule has 3 nitrogen and oxygen atoms in total. The normalized spacial score (nSPS) is 10.5. The molecule has 0 bridgehead atoms. The highest BCUT2D eigenvalue weighted by Crippen LogP contribution is 2.27. The van der Waals surface area contributed by atoms with Gasteiger partial charge in [0.15, 0.2) is 5.78 Å². The Kier molecular flexibility index (Phi) is 5.31. The van der Waals surface area contributed by atoms with Gasteiger partial charge in [0.2, 0.25) is 0 Å². The summed E-state index contributed by atoms with van der Waals surface area (Å²) in [5.41, 5.74) is 0.561. The predicted octanol–water partition coefficient (Wildman–Crippen LogP) is 4.82. The highest BCUT2D eigenvalue weighted by atomic mass is 79.9. The lowest BCUT2D eigenvalue weighted by atomic mass is 9.98. The summed E-state index contributed by atoms with van der Waals surface area (Å²) in [6.45, 7) is 1.68. The molecule has 0 amide bonds. The molecule has 0 fully saturated rings. The van der Waals surface area contributed by atoms with Gasteiger partial charge in [-0.15, -0.1) is 0 Å². The van der Waals surface area contributed by atoms with E-state index in [1.165, 1.54) is 19.2 Å². The number of carbonyl (C=O) groups is 2. The van der Waals surface area contributed by atoms with Gasteiger partial charge in [-0.25, -0.2) is 13.6 Å². The second-order valence-corrected chi connectivity index (χ2v) is 6.41. The molecule has 0 spiro atoms. The van der Waals surface area contributed by atoms with Crippen molar-refractivity contribution in [3.05, 3.63) is 67.1 Å². The highest BCUT2D eigenvalue weighted by Gasteiger charge is 2.21. The minimum atomic E-state index is -0.980. The van der Waals surface area contributed by atoms with Crippen molar-refractivity contribution in [2.75, 3.05) is 7.11 Å². The molecule has 0 atom stereocenters. The lowest BCUT2D eigenvalue weighted by Gasteiger charge is -2.10. The molecule has 0 aliphatic carbocycles. The highest BCUT2D eigenvalue weighted by molar-refractivity contribution is 9.10. The molecule has 0 aliphatic rings. The number of carbonyl (C=O) groups excluding carboxylic acids is 2. The van der Waals surface area contributed by atoms with E-state index in [0.717, 1.165) is 6.07 Å². The fourth-order valence-electron chi connectivity index (χ4n) is 1.98. The molecule has 2 aromatic carbocycles. The maximum Gasteiger partial charge on any atom is 0.338 e. The van der Waals surface area contributed by atoms with Crippen LogP contribution in [0.3, 0.4) is 0 Å². The van der Waals surface area contributed by atoms with Gasteiger partial charge in [-0.3, -0.25) is 4.79 Å². The third kappa shape index (κ3) is 3.50. The van der Waals surface area contributed by atoms with E-state index in [1.807, 2.05) is 0 Å². The van der Waals surface area contributed by atoms with Crippen LogP contribution in [0.4, 0.5) is 8.78 Å². The minimum absolute atomic E-state index is 0.0263. The van der Waals surface area contributed by atoms with Crippen molar-refractivity contribution in [3.63, 3.8) is 0 Å². The number of esters is 1. The van der Waals surface area contributed by atoms with E-state index >= 15 is 0 Å². The molecule has 0 aromatic heterocycles. The zero-order chi connectivity index (χ0) is 17.3. The first-order valence-corrected chi connectivity index (χ1v) is 7.92. The number of methoxy groups -OCH3 is 1. The maximum atomic E-state index is 13.9. The fourth-order valence-corrected chi connectivity index (χ4v) is 2.79. The van der Waals surface area contributed by atoms with E-state index in [0.29, 0.717) is 16.1 Å². The molecule has 0 saturated heterocycles. The predicted molar refractivity (Wildman–Crippen MR) is 87.7 cm³/mol. The van der Waals surface area contributed by atoms with Crippen LogP contribution in [-0.4, -0.2) is 18.9 Å². The van der Waals surface area contributed by atoms with Crippen molar-refractivity contribution in [2.24, 2.45) is 0 Å². The van der Waals surface area contributed by atoms with Gasteiger partial charge in [0.1, 0.15) is 11.6 Å². The van der Waals surface area contributed by atoms with Crippen LogP contribution in [0.5, 0.6) is 0 Å². The number of rotatable bonds is 3. The van der Waals surface area contributed by atoms with E-state index in [4.69, 9.17) is 0 Å². The van der Waals surface area contributed by atoms with Crippen LogP contribution in [0.2, 0.25) is 0 Å². The summed E-state index contributed by atoms with van der Waals surface area (Å²) < 4.78 is 32.3. The summed E-state index contributed by atoms with van der Waals surface area (Å²) in [5.74, 6) is -3.07. The van der Waals surface area contributed by atoms with Crippen LogP contribution < -0.4 is 0 Å². The first-order valence-electron chi connectivity index (χ1n) is 6.34. The lowest BCUT2D eigenvalue weighted by molar-refractivity contribution is 0.0600. The summed E-state index contributed by atoms with van der Waals surface area (Å²) in [6, 6.07) is 4.49. The second kappa shape index (κ2) is 6.88. The maximum absolute atomic E-state index is 13.9.